The Morgan fingerprint density at radius 3 is 2.55 bits per heavy atom. The van der Waals surface area contributed by atoms with Gasteiger partial charge < -0.3 is 4.74 Å². The second-order valence-electron chi connectivity index (χ2n) is 2.47. The molecule has 0 rings (SSSR count). The van der Waals surface area contributed by atoms with E-state index >= 15 is 0 Å². The van der Waals surface area contributed by atoms with Crippen LogP contribution in [0.1, 0.15) is 33.1 Å². The van der Waals surface area contributed by atoms with Crippen LogP contribution in [0.2, 0.25) is 0 Å². The summed E-state index contributed by atoms with van der Waals surface area (Å²) in [5, 5.41) is 0. The van der Waals surface area contributed by atoms with Crippen LogP contribution in [0.5, 0.6) is 0 Å². The molecule has 0 aliphatic rings. The van der Waals surface area contributed by atoms with E-state index in [2.05, 4.69) is 11.7 Å². The van der Waals surface area contributed by atoms with Crippen LogP contribution in [-0.2, 0) is 9.53 Å². The highest BCUT2D eigenvalue weighted by molar-refractivity contribution is 6.17. The standard InChI is InChI=1S/C8H15ClO2/c1-3-5-7(4-2)8(10)11-6-9/h7H,3-6H2,1-2H3. The number of esters is 1. The van der Waals surface area contributed by atoms with E-state index in [1.807, 2.05) is 6.92 Å². The van der Waals surface area contributed by atoms with Crippen molar-refractivity contribution >= 4 is 17.6 Å². The topological polar surface area (TPSA) is 26.3 Å². The highest BCUT2D eigenvalue weighted by Crippen LogP contribution is 2.12. The van der Waals surface area contributed by atoms with Gasteiger partial charge in [0.25, 0.3) is 0 Å². The molecule has 0 aromatic carbocycles. The van der Waals surface area contributed by atoms with Gasteiger partial charge >= 0.3 is 5.97 Å². The molecule has 0 radical (unpaired) electrons. The third-order valence-electron chi connectivity index (χ3n) is 1.66. The molecule has 2 nitrogen and oxygen atoms in total. The van der Waals surface area contributed by atoms with E-state index in [4.69, 9.17) is 11.6 Å². The van der Waals surface area contributed by atoms with E-state index in [1.54, 1.807) is 0 Å². The molecule has 0 amide bonds. The minimum Gasteiger partial charge on any atom is -0.449 e. The van der Waals surface area contributed by atoms with Crippen LogP contribution >= 0.6 is 11.6 Å². The number of alkyl halides is 1. The van der Waals surface area contributed by atoms with Crippen molar-refractivity contribution in [2.45, 2.75) is 33.1 Å². The molecular weight excluding hydrogens is 164 g/mol. The smallest absolute Gasteiger partial charge is 0.310 e. The average Bonchev–Trinajstić information content (AvgIpc) is 2.00. The molecule has 0 N–H and O–H groups in total. The summed E-state index contributed by atoms with van der Waals surface area (Å²) in [7, 11) is 0. The lowest BCUT2D eigenvalue weighted by molar-refractivity contribution is -0.146. The minimum absolute atomic E-state index is 0.0287. The van der Waals surface area contributed by atoms with Crippen LogP contribution in [0.4, 0.5) is 0 Å². The Morgan fingerprint density at radius 2 is 2.18 bits per heavy atom. The largest absolute Gasteiger partial charge is 0.449 e. The van der Waals surface area contributed by atoms with Crippen molar-refractivity contribution in [2.75, 3.05) is 6.07 Å². The van der Waals surface area contributed by atoms with E-state index < -0.39 is 0 Å². The third-order valence-corrected chi connectivity index (χ3v) is 1.77. The van der Waals surface area contributed by atoms with Gasteiger partial charge in [-0.15, -0.1) is 0 Å². The predicted molar refractivity (Wildman–Crippen MR) is 45.5 cm³/mol. The number of hydrogen-bond acceptors (Lipinski definition) is 2. The first kappa shape index (κ1) is 10.8. The number of carbonyl (C=O) groups is 1. The van der Waals surface area contributed by atoms with E-state index in [-0.39, 0.29) is 18.0 Å². The molecule has 0 fully saturated rings. The van der Waals surface area contributed by atoms with Gasteiger partial charge in [0.1, 0.15) is 0 Å². The SMILES string of the molecule is CCCC(CC)C(=O)OCCl. The van der Waals surface area contributed by atoms with Crippen molar-refractivity contribution in [2.24, 2.45) is 5.92 Å². The Balaban J connectivity index is 3.71. The number of carbonyl (C=O) groups excluding carboxylic acids is 1. The molecule has 0 aliphatic heterocycles. The number of halogens is 1. The molecule has 1 atom stereocenters. The molecule has 0 aromatic heterocycles. The van der Waals surface area contributed by atoms with Crippen LogP contribution < -0.4 is 0 Å². The quantitative estimate of drug-likeness (QED) is 0.478. The third kappa shape index (κ3) is 4.25. The predicted octanol–water partition coefficient (Wildman–Crippen LogP) is 2.55. The first-order valence-corrected chi connectivity index (χ1v) is 4.52. The van der Waals surface area contributed by atoms with Gasteiger partial charge in [0.15, 0.2) is 6.07 Å². The van der Waals surface area contributed by atoms with Crippen molar-refractivity contribution in [3.8, 4) is 0 Å². The van der Waals surface area contributed by atoms with E-state index in [0.29, 0.717) is 0 Å². The Bertz CT molecular complexity index is 115. The fourth-order valence-corrected chi connectivity index (χ4v) is 1.12. The second-order valence-corrected chi connectivity index (χ2v) is 2.68. The van der Waals surface area contributed by atoms with Crippen molar-refractivity contribution in [1.29, 1.82) is 0 Å². The van der Waals surface area contributed by atoms with Crippen LogP contribution in [0.3, 0.4) is 0 Å². The molecule has 1 unspecified atom stereocenters. The van der Waals surface area contributed by atoms with Gasteiger partial charge in [0.05, 0.1) is 5.92 Å². The Kier molecular flexibility index (Phi) is 6.33. The summed E-state index contributed by atoms with van der Waals surface area (Å²) in [6, 6.07) is -0.0287. The van der Waals surface area contributed by atoms with Crippen LogP contribution in [0.25, 0.3) is 0 Å². The van der Waals surface area contributed by atoms with Gasteiger partial charge in [0.2, 0.25) is 0 Å². The van der Waals surface area contributed by atoms with E-state index in [0.717, 1.165) is 19.3 Å². The maximum Gasteiger partial charge on any atom is 0.310 e. The van der Waals surface area contributed by atoms with Crippen LogP contribution in [0, 0.1) is 5.92 Å². The molecule has 0 saturated heterocycles. The highest BCUT2D eigenvalue weighted by atomic mass is 35.5. The van der Waals surface area contributed by atoms with Crippen molar-refractivity contribution in [1.82, 2.24) is 0 Å². The molecule has 11 heavy (non-hydrogen) atoms. The summed E-state index contributed by atoms with van der Waals surface area (Å²) in [6.45, 7) is 4.03. The number of hydrogen-bond donors (Lipinski definition) is 0. The van der Waals surface area contributed by atoms with Gasteiger partial charge in [-0.05, 0) is 12.8 Å². The molecule has 0 aromatic rings. The summed E-state index contributed by atoms with van der Waals surface area (Å²) >= 11 is 5.25. The average molecular weight is 179 g/mol. The summed E-state index contributed by atoms with van der Waals surface area (Å²) in [5.74, 6) is -0.122. The van der Waals surface area contributed by atoms with Crippen molar-refractivity contribution < 1.29 is 9.53 Å². The molecule has 0 saturated carbocycles. The van der Waals surface area contributed by atoms with Gasteiger partial charge in [0, 0.05) is 0 Å². The van der Waals surface area contributed by atoms with E-state index in [9.17, 15) is 4.79 Å². The number of ether oxygens (including phenoxy) is 1. The molecular formula is C8H15ClO2. The van der Waals surface area contributed by atoms with Crippen molar-refractivity contribution in [3.63, 3.8) is 0 Å². The Morgan fingerprint density at radius 1 is 1.55 bits per heavy atom. The summed E-state index contributed by atoms with van der Waals surface area (Å²) in [4.78, 5) is 11.1. The zero-order valence-electron chi connectivity index (χ0n) is 7.10. The summed E-state index contributed by atoms with van der Waals surface area (Å²) in [5.41, 5.74) is 0. The van der Waals surface area contributed by atoms with Crippen LogP contribution in [-0.4, -0.2) is 12.0 Å². The first-order chi connectivity index (χ1) is 5.26. The molecule has 3 heteroatoms. The molecule has 0 aliphatic carbocycles. The lowest BCUT2D eigenvalue weighted by atomic mass is 10.0. The number of rotatable bonds is 5. The minimum atomic E-state index is -0.163. The second kappa shape index (κ2) is 6.47. The van der Waals surface area contributed by atoms with Crippen molar-refractivity contribution in [3.05, 3.63) is 0 Å². The Labute approximate surface area is 72.9 Å². The zero-order chi connectivity index (χ0) is 8.69. The molecule has 0 spiro atoms. The van der Waals surface area contributed by atoms with E-state index in [1.165, 1.54) is 0 Å². The van der Waals surface area contributed by atoms with Crippen LogP contribution in [0.15, 0.2) is 0 Å². The normalized spacial score (nSPS) is 12.6. The Hall–Kier alpha value is -0.240. The first-order valence-electron chi connectivity index (χ1n) is 3.98. The lowest BCUT2D eigenvalue weighted by Crippen LogP contribution is -2.16. The molecule has 0 bridgehead atoms. The highest BCUT2D eigenvalue weighted by Gasteiger charge is 2.15. The molecule has 0 heterocycles. The maximum absolute atomic E-state index is 11.1. The van der Waals surface area contributed by atoms with Gasteiger partial charge in [-0.2, -0.15) is 0 Å². The monoisotopic (exact) mass is 178 g/mol. The summed E-state index contributed by atoms with van der Waals surface area (Å²) < 4.78 is 4.67. The maximum atomic E-state index is 11.1. The van der Waals surface area contributed by atoms with Gasteiger partial charge in [-0.3, -0.25) is 4.79 Å². The fourth-order valence-electron chi connectivity index (χ4n) is 1.01. The summed E-state index contributed by atoms with van der Waals surface area (Å²) in [6.07, 6.45) is 2.74. The zero-order valence-corrected chi connectivity index (χ0v) is 7.86. The van der Waals surface area contributed by atoms with Gasteiger partial charge in [-0.1, -0.05) is 31.9 Å². The molecule has 66 valence electrons. The fraction of sp³-hybridized carbons (Fsp3) is 0.875. The van der Waals surface area contributed by atoms with Gasteiger partial charge in [-0.25, -0.2) is 0 Å². The lowest BCUT2D eigenvalue weighted by Gasteiger charge is -2.10.